The number of nitrogens with one attached hydrogen (secondary N) is 1. The van der Waals surface area contributed by atoms with E-state index in [1.807, 2.05) is 19.2 Å². The third-order valence-corrected chi connectivity index (χ3v) is 4.25. The molecule has 0 aliphatic carbocycles. The van der Waals surface area contributed by atoms with E-state index in [2.05, 4.69) is 53.3 Å². The first-order valence-corrected chi connectivity index (χ1v) is 7.50. The minimum atomic E-state index is 0.0444. The maximum Gasteiger partial charge on any atom is 0.169 e. The predicted molar refractivity (Wildman–Crippen MR) is 82.3 cm³/mol. The number of halogens is 1. The fraction of sp³-hybridized carbons (Fsp3) is 0.375. The SMILES string of the molecule is CNC(c1ccc2c(c1)C(C)(C)CO2)c1ccc(Br)o1. The van der Waals surface area contributed by atoms with Gasteiger partial charge in [0.2, 0.25) is 0 Å². The van der Waals surface area contributed by atoms with Gasteiger partial charge in [-0.15, -0.1) is 0 Å². The van der Waals surface area contributed by atoms with Crippen molar-refractivity contribution in [3.8, 4) is 5.75 Å². The monoisotopic (exact) mass is 335 g/mol. The van der Waals surface area contributed by atoms with E-state index < -0.39 is 0 Å². The standard InChI is InChI=1S/C16H18BrNO2/c1-16(2)9-19-12-5-4-10(8-11(12)16)15(18-3)13-6-7-14(17)20-13/h4-8,15,18H,9H2,1-3H3. The first-order valence-electron chi connectivity index (χ1n) is 6.71. The highest BCUT2D eigenvalue weighted by Crippen LogP contribution is 2.40. The van der Waals surface area contributed by atoms with E-state index in [4.69, 9.17) is 9.15 Å². The van der Waals surface area contributed by atoms with Gasteiger partial charge < -0.3 is 14.5 Å². The summed E-state index contributed by atoms with van der Waals surface area (Å²) in [6.07, 6.45) is 0. The van der Waals surface area contributed by atoms with E-state index in [0.29, 0.717) is 0 Å². The van der Waals surface area contributed by atoms with Crippen molar-refractivity contribution in [3.05, 3.63) is 51.9 Å². The van der Waals surface area contributed by atoms with E-state index in [1.54, 1.807) is 0 Å². The van der Waals surface area contributed by atoms with Crippen molar-refractivity contribution in [3.63, 3.8) is 0 Å². The average Bonchev–Trinajstić information content (AvgIpc) is 2.96. The normalized spacial score (nSPS) is 17.6. The summed E-state index contributed by atoms with van der Waals surface area (Å²) in [5.74, 6) is 1.89. The molecule has 4 heteroatoms. The number of hydrogen-bond acceptors (Lipinski definition) is 3. The van der Waals surface area contributed by atoms with Crippen LogP contribution >= 0.6 is 15.9 Å². The van der Waals surface area contributed by atoms with E-state index >= 15 is 0 Å². The van der Waals surface area contributed by atoms with Gasteiger partial charge in [-0.25, -0.2) is 0 Å². The molecule has 1 unspecified atom stereocenters. The molecule has 3 nitrogen and oxygen atoms in total. The van der Waals surface area contributed by atoms with Gasteiger partial charge in [-0.2, -0.15) is 0 Å². The highest BCUT2D eigenvalue weighted by Gasteiger charge is 2.32. The first kappa shape index (κ1) is 13.7. The summed E-state index contributed by atoms with van der Waals surface area (Å²) in [6.45, 7) is 5.16. The van der Waals surface area contributed by atoms with E-state index in [9.17, 15) is 0 Å². The molecular weight excluding hydrogens is 318 g/mol. The smallest absolute Gasteiger partial charge is 0.169 e. The number of hydrogen-bond donors (Lipinski definition) is 1. The molecular formula is C16H18BrNO2. The number of rotatable bonds is 3. The summed E-state index contributed by atoms with van der Waals surface area (Å²) < 4.78 is 12.2. The molecule has 1 aliphatic heterocycles. The lowest BCUT2D eigenvalue weighted by Crippen LogP contribution is -2.20. The van der Waals surface area contributed by atoms with Gasteiger partial charge in [-0.3, -0.25) is 0 Å². The zero-order valence-corrected chi connectivity index (χ0v) is 13.5. The molecule has 0 saturated carbocycles. The Kier molecular flexibility index (Phi) is 3.38. The summed E-state index contributed by atoms with van der Waals surface area (Å²) in [4.78, 5) is 0. The Balaban J connectivity index is 2.02. The Morgan fingerprint density at radius 2 is 2.05 bits per heavy atom. The topological polar surface area (TPSA) is 34.4 Å². The van der Waals surface area contributed by atoms with Crippen LogP contribution in [0.1, 0.15) is 36.8 Å². The summed E-state index contributed by atoms with van der Waals surface area (Å²) in [7, 11) is 1.94. The van der Waals surface area contributed by atoms with Crippen LogP contribution in [0.25, 0.3) is 0 Å². The zero-order valence-electron chi connectivity index (χ0n) is 11.9. The van der Waals surface area contributed by atoms with Crippen molar-refractivity contribution in [1.29, 1.82) is 0 Å². The lowest BCUT2D eigenvalue weighted by molar-refractivity contribution is 0.291. The Labute approximate surface area is 127 Å². The minimum absolute atomic E-state index is 0.0444. The molecule has 2 aromatic rings. The molecule has 2 heterocycles. The van der Waals surface area contributed by atoms with Gasteiger partial charge in [0.25, 0.3) is 0 Å². The lowest BCUT2D eigenvalue weighted by Gasteiger charge is -2.19. The fourth-order valence-corrected chi connectivity index (χ4v) is 2.99. The van der Waals surface area contributed by atoms with Crippen molar-refractivity contribution in [2.45, 2.75) is 25.3 Å². The maximum atomic E-state index is 5.74. The van der Waals surface area contributed by atoms with Crippen molar-refractivity contribution in [1.82, 2.24) is 5.32 Å². The Hall–Kier alpha value is -1.26. The summed E-state index contributed by atoms with van der Waals surface area (Å²) >= 11 is 3.36. The molecule has 0 amide bonds. The van der Waals surface area contributed by atoms with Crippen molar-refractivity contribution in [2.75, 3.05) is 13.7 Å². The summed E-state index contributed by atoms with van der Waals surface area (Å²) in [5.41, 5.74) is 2.51. The van der Waals surface area contributed by atoms with Gasteiger partial charge in [0.05, 0.1) is 12.6 Å². The third-order valence-electron chi connectivity index (χ3n) is 3.82. The van der Waals surface area contributed by atoms with Crippen LogP contribution in [0.15, 0.2) is 39.4 Å². The van der Waals surface area contributed by atoms with Gasteiger partial charge in [-0.05, 0) is 52.8 Å². The Morgan fingerprint density at radius 3 is 2.70 bits per heavy atom. The highest BCUT2D eigenvalue weighted by molar-refractivity contribution is 9.10. The van der Waals surface area contributed by atoms with Crippen LogP contribution in [0, 0.1) is 0 Å². The fourth-order valence-electron chi connectivity index (χ4n) is 2.67. The van der Waals surface area contributed by atoms with Gasteiger partial charge >= 0.3 is 0 Å². The second kappa shape index (κ2) is 4.93. The van der Waals surface area contributed by atoms with Gasteiger partial charge in [0.15, 0.2) is 4.67 Å². The maximum absolute atomic E-state index is 5.74. The number of benzene rings is 1. The highest BCUT2D eigenvalue weighted by atomic mass is 79.9. The van der Waals surface area contributed by atoms with Gasteiger partial charge in [0.1, 0.15) is 11.5 Å². The van der Waals surface area contributed by atoms with Gasteiger partial charge in [0, 0.05) is 11.0 Å². The van der Waals surface area contributed by atoms with Crippen LogP contribution in [0.4, 0.5) is 0 Å². The molecule has 0 saturated heterocycles. The second-order valence-electron chi connectivity index (χ2n) is 5.79. The molecule has 0 bridgehead atoms. The minimum Gasteiger partial charge on any atom is -0.492 e. The summed E-state index contributed by atoms with van der Waals surface area (Å²) in [6, 6.07) is 10.3. The second-order valence-corrected chi connectivity index (χ2v) is 6.57. The summed E-state index contributed by atoms with van der Waals surface area (Å²) in [5, 5.41) is 3.31. The first-order chi connectivity index (χ1) is 9.51. The van der Waals surface area contributed by atoms with E-state index in [1.165, 1.54) is 11.1 Å². The molecule has 1 atom stereocenters. The third kappa shape index (κ3) is 2.27. The molecule has 3 rings (SSSR count). The molecule has 0 spiro atoms. The molecule has 0 radical (unpaired) electrons. The van der Waals surface area contributed by atoms with Crippen molar-refractivity contribution < 1.29 is 9.15 Å². The van der Waals surface area contributed by atoms with Crippen LogP contribution in [0.2, 0.25) is 0 Å². The van der Waals surface area contributed by atoms with Crippen LogP contribution < -0.4 is 10.1 Å². The molecule has 1 N–H and O–H groups in total. The van der Waals surface area contributed by atoms with Gasteiger partial charge in [-0.1, -0.05) is 19.9 Å². The largest absolute Gasteiger partial charge is 0.492 e. The lowest BCUT2D eigenvalue weighted by atomic mass is 9.85. The van der Waals surface area contributed by atoms with Crippen molar-refractivity contribution >= 4 is 15.9 Å². The Morgan fingerprint density at radius 1 is 1.25 bits per heavy atom. The molecule has 0 fully saturated rings. The van der Waals surface area contributed by atoms with Crippen LogP contribution in [-0.2, 0) is 5.41 Å². The van der Waals surface area contributed by atoms with E-state index in [-0.39, 0.29) is 11.5 Å². The average molecular weight is 336 g/mol. The van der Waals surface area contributed by atoms with Crippen molar-refractivity contribution in [2.24, 2.45) is 0 Å². The molecule has 1 aromatic heterocycles. The number of furan rings is 1. The van der Waals surface area contributed by atoms with Crippen LogP contribution in [0.5, 0.6) is 5.75 Å². The molecule has 106 valence electrons. The number of fused-ring (bicyclic) bond motifs is 1. The quantitative estimate of drug-likeness (QED) is 0.919. The van der Waals surface area contributed by atoms with Crippen LogP contribution in [-0.4, -0.2) is 13.7 Å². The predicted octanol–water partition coefficient (Wildman–Crippen LogP) is 4.02. The number of ether oxygens (including phenoxy) is 1. The molecule has 20 heavy (non-hydrogen) atoms. The van der Waals surface area contributed by atoms with Crippen LogP contribution in [0.3, 0.4) is 0 Å². The molecule has 1 aliphatic rings. The molecule has 1 aromatic carbocycles. The zero-order chi connectivity index (χ0) is 14.3. The van der Waals surface area contributed by atoms with E-state index in [0.717, 1.165) is 22.8 Å². The Bertz CT molecular complexity index is 633.